The molecule has 1 saturated heterocycles. The topological polar surface area (TPSA) is 43.8 Å². The number of aromatic carboxylic acids is 1. The van der Waals surface area contributed by atoms with E-state index in [0.717, 1.165) is 30.1 Å². The molecule has 0 aromatic carbocycles. The minimum absolute atomic E-state index is 0.450. The zero-order valence-electron chi connectivity index (χ0n) is 11.1. The summed E-state index contributed by atoms with van der Waals surface area (Å²) >= 11 is 1.38. The van der Waals surface area contributed by atoms with Crippen molar-refractivity contribution in [3.05, 3.63) is 21.4 Å². The Hall–Kier alpha value is -0.910. The van der Waals surface area contributed by atoms with E-state index in [4.69, 9.17) is 5.11 Å². The molecule has 1 atom stereocenters. The van der Waals surface area contributed by atoms with Gasteiger partial charge >= 0.3 is 5.97 Å². The van der Waals surface area contributed by atoms with Gasteiger partial charge in [0, 0.05) is 30.6 Å². The quantitative estimate of drug-likeness (QED) is 0.905. The number of likely N-dealkylation sites (tertiary alicyclic amines) is 1. The van der Waals surface area contributed by atoms with Crippen molar-refractivity contribution in [2.24, 2.45) is 0 Å². The normalized spacial score (nSPS) is 20.8. The van der Waals surface area contributed by atoms with Crippen molar-refractivity contribution in [2.45, 2.75) is 25.9 Å². The number of aryl methyl sites for hydroxylation is 1. The van der Waals surface area contributed by atoms with Crippen LogP contribution in [0.15, 0.2) is 6.07 Å². The van der Waals surface area contributed by atoms with E-state index in [1.807, 2.05) is 13.0 Å². The highest BCUT2D eigenvalue weighted by Crippen LogP contribution is 2.24. The van der Waals surface area contributed by atoms with Crippen molar-refractivity contribution in [1.29, 1.82) is 0 Å². The fourth-order valence-corrected chi connectivity index (χ4v) is 3.27. The third kappa shape index (κ3) is 2.91. The Morgan fingerprint density at radius 2 is 2.33 bits per heavy atom. The SMILES string of the molecule is Cc1sc(C(=O)O)cc1CN1CCC(N(C)C)C1. The molecule has 0 aliphatic carbocycles. The minimum atomic E-state index is -0.818. The van der Waals surface area contributed by atoms with Crippen LogP contribution in [0.25, 0.3) is 0 Å². The van der Waals surface area contributed by atoms with Crippen LogP contribution in [-0.2, 0) is 6.54 Å². The molecule has 0 amide bonds. The van der Waals surface area contributed by atoms with E-state index in [-0.39, 0.29) is 0 Å². The number of carboxylic acids is 1. The summed E-state index contributed by atoms with van der Waals surface area (Å²) in [6, 6.07) is 2.45. The third-order valence-corrected chi connectivity index (χ3v) is 4.68. The lowest BCUT2D eigenvalue weighted by molar-refractivity contribution is 0.0702. The standard InChI is InChI=1S/C13H20N2O2S/c1-9-10(6-12(18-9)13(16)17)7-15-5-4-11(8-15)14(2)3/h6,11H,4-5,7-8H2,1-3H3,(H,16,17). The first-order valence-corrected chi connectivity index (χ1v) is 7.00. The van der Waals surface area contributed by atoms with Crippen LogP contribution in [0, 0.1) is 6.92 Å². The smallest absolute Gasteiger partial charge is 0.345 e. The molecule has 0 bridgehead atoms. The Kier molecular flexibility index (Phi) is 4.04. The Morgan fingerprint density at radius 3 is 2.83 bits per heavy atom. The van der Waals surface area contributed by atoms with Gasteiger partial charge in [-0.3, -0.25) is 4.90 Å². The molecule has 0 saturated carbocycles. The highest BCUT2D eigenvalue weighted by atomic mass is 32.1. The van der Waals surface area contributed by atoms with Crippen molar-refractivity contribution >= 4 is 17.3 Å². The first-order valence-electron chi connectivity index (χ1n) is 6.18. The van der Waals surface area contributed by atoms with E-state index >= 15 is 0 Å². The predicted octanol–water partition coefficient (Wildman–Crippen LogP) is 1.89. The lowest BCUT2D eigenvalue weighted by Gasteiger charge is -2.20. The molecule has 1 fully saturated rings. The maximum absolute atomic E-state index is 10.9. The summed E-state index contributed by atoms with van der Waals surface area (Å²) in [5, 5.41) is 8.99. The van der Waals surface area contributed by atoms with Crippen LogP contribution in [0.3, 0.4) is 0 Å². The largest absolute Gasteiger partial charge is 0.477 e. The molecule has 0 spiro atoms. The van der Waals surface area contributed by atoms with Crippen molar-refractivity contribution in [2.75, 3.05) is 27.2 Å². The number of thiophene rings is 1. The van der Waals surface area contributed by atoms with Gasteiger partial charge in [-0.25, -0.2) is 4.79 Å². The summed E-state index contributed by atoms with van der Waals surface area (Å²) in [6.45, 7) is 5.05. The second kappa shape index (κ2) is 5.38. The number of hydrogen-bond donors (Lipinski definition) is 1. The summed E-state index contributed by atoms with van der Waals surface area (Å²) in [6.07, 6.45) is 1.20. The van der Waals surface area contributed by atoms with E-state index in [1.165, 1.54) is 17.8 Å². The van der Waals surface area contributed by atoms with Gasteiger partial charge in [0.15, 0.2) is 0 Å². The molecule has 1 aliphatic heterocycles. The van der Waals surface area contributed by atoms with Crippen LogP contribution in [0.5, 0.6) is 0 Å². The number of carboxylic acid groups (broad SMARTS) is 1. The zero-order valence-corrected chi connectivity index (χ0v) is 12.0. The molecular weight excluding hydrogens is 248 g/mol. The third-order valence-electron chi connectivity index (χ3n) is 3.60. The Balaban J connectivity index is 2.00. The number of nitrogens with zero attached hydrogens (tertiary/aromatic N) is 2. The summed E-state index contributed by atoms with van der Waals surface area (Å²) in [7, 11) is 4.24. The van der Waals surface area contributed by atoms with Gasteiger partial charge in [-0.15, -0.1) is 11.3 Å². The number of carbonyl (C=O) groups is 1. The van der Waals surface area contributed by atoms with E-state index in [2.05, 4.69) is 23.9 Å². The molecule has 1 aromatic heterocycles. The predicted molar refractivity (Wildman–Crippen MR) is 73.4 cm³/mol. The molecule has 100 valence electrons. The van der Waals surface area contributed by atoms with Crippen LogP contribution in [0.1, 0.15) is 26.5 Å². The number of hydrogen-bond acceptors (Lipinski definition) is 4. The van der Waals surface area contributed by atoms with Gasteiger partial charge in [0.05, 0.1) is 0 Å². The maximum Gasteiger partial charge on any atom is 0.345 e. The maximum atomic E-state index is 10.9. The van der Waals surface area contributed by atoms with E-state index < -0.39 is 5.97 Å². The summed E-state index contributed by atoms with van der Waals surface area (Å²) in [5.74, 6) is -0.818. The van der Waals surface area contributed by atoms with Gasteiger partial charge in [0.25, 0.3) is 0 Å². The summed E-state index contributed by atoms with van der Waals surface area (Å²) < 4.78 is 0. The molecule has 2 heterocycles. The molecule has 1 aliphatic rings. The second-order valence-corrected chi connectivity index (χ2v) is 6.39. The van der Waals surface area contributed by atoms with E-state index in [0.29, 0.717) is 10.9 Å². The Morgan fingerprint density at radius 1 is 1.61 bits per heavy atom. The monoisotopic (exact) mass is 268 g/mol. The molecule has 1 aromatic rings. The van der Waals surface area contributed by atoms with Crippen LogP contribution >= 0.6 is 11.3 Å². The second-order valence-electron chi connectivity index (χ2n) is 5.14. The summed E-state index contributed by atoms with van der Waals surface area (Å²) in [5.41, 5.74) is 1.16. The molecule has 0 radical (unpaired) electrons. The van der Waals surface area contributed by atoms with Gasteiger partial charge in [0.1, 0.15) is 4.88 Å². The van der Waals surface area contributed by atoms with Crippen LogP contribution in [0.4, 0.5) is 0 Å². The lowest BCUT2D eigenvalue weighted by Crippen LogP contribution is -2.31. The average Bonchev–Trinajstić information content (AvgIpc) is 2.87. The van der Waals surface area contributed by atoms with Gasteiger partial charge in [-0.2, -0.15) is 0 Å². The lowest BCUT2D eigenvalue weighted by atomic mass is 10.2. The van der Waals surface area contributed by atoms with E-state index in [1.54, 1.807) is 0 Å². The van der Waals surface area contributed by atoms with Crippen molar-refractivity contribution < 1.29 is 9.90 Å². The minimum Gasteiger partial charge on any atom is -0.477 e. The van der Waals surface area contributed by atoms with Crippen LogP contribution in [-0.4, -0.2) is 54.1 Å². The van der Waals surface area contributed by atoms with Gasteiger partial charge in [-0.1, -0.05) is 0 Å². The molecule has 4 nitrogen and oxygen atoms in total. The molecule has 5 heteroatoms. The zero-order chi connectivity index (χ0) is 13.3. The van der Waals surface area contributed by atoms with Crippen LogP contribution in [0.2, 0.25) is 0 Å². The average molecular weight is 268 g/mol. The fraction of sp³-hybridized carbons (Fsp3) is 0.615. The molecular formula is C13H20N2O2S. The van der Waals surface area contributed by atoms with Crippen molar-refractivity contribution in [3.8, 4) is 0 Å². The molecule has 18 heavy (non-hydrogen) atoms. The molecule has 1 N–H and O–H groups in total. The summed E-state index contributed by atoms with van der Waals surface area (Å²) in [4.78, 5) is 17.2. The van der Waals surface area contributed by atoms with Gasteiger partial charge in [-0.05, 0) is 39.1 Å². The highest BCUT2D eigenvalue weighted by molar-refractivity contribution is 7.14. The first-order chi connectivity index (χ1) is 8.47. The van der Waals surface area contributed by atoms with Gasteiger partial charge in [0.2, 0.25) is 0 Å². The first kappa shape index (κ1) is 13.5. The van der Waals surface area contributed by atoms with Gasteiger partial charge < -0.3 is 10.0 Å². The van der Waals surface area contributed by atoms with Crippen LogP contribution < -0.4 is 0 Å². The molecule has 2 rings (SSSR count). The number of likely N-dealkylation sites (N-methyl/N-ethyl adjacent to an activating group) is 1. The fourth-order valence-electron chi connectivity index (χ4n) is 2.40. The highest BCUT2D eigenvalue weighted by Gasteiger charge is 2.24. The van der Waals surface area contributed by atoms with Crippen molar-refractivity contribution in [1.82, 2.24) is 9.80 Å². The van der Waals surface area contributed by atoms with E-state index in [9.17, 15) is 4.79 Å². The molecule has 1 unspecified atom stereocenters. The Bertz CT molecular complexity index is 442. The van der Waals surface area contributed by atoms with Crippen molar-refractivity contribution in [3.63, 3.8) is 0 Å². The number of rotatable bonds is 4. The Labute approximate surface area is 112 Å².